The van der Waals surface area contributed by atoms with Crippen LogP contribution in [0.25, 0.3) is 0 Å². The summed E-state index contributed by atoms with van der Waals surface area (Å²) < 4.78 is 0. The predicted molar refractivity (Wildman–Crippen MR) is 66.5 cm³/mol. The number of benzene rings is 2. The molecule has 4 nitrogen and oxygen atoms in total. The average Bonchev–Trinajstić information content (AvgIpc) is 2.38. The fourth-order valence-corrected chi connectivity index (χ4v) is 2.39. The van der Waals surface area contributed by atoms with Gasteiger partial charge in [0.25, 0.3) is 0 Å². The van der Waals surface area contributed by atoms with Crippen molar-refractivity contribution in [3.63, 3.8) is 0 Å². The molecule has 0 heterocycles. The van der Waals surface area contributed by atoms with Gasteiger partial charge in [0.05, 0.1) is 5.56 Å². The molecule has 0 aliphatic heterocycles. The van der Waals surface area contributed by atoms with E-state index in [1.807, 2.05) is 0 Å². The van der Waals surface area contributed by atoms with Crippen LogP contribution in [0.15, 0.2) is 36.4 Å². The van der Waals surface area contributed by atoms with E-state index in [1.54, 1.807) is 24.3 Å². The highest BCUT2D eigenvalue weighted by Crippen LogP contribution is 2.41. The van der Waals surface area contributed by atoms with Crippen LogP contribution < -0.4 is 5.73 Å². The van der Waals surface area contributed by atoms with Gasteiger partial charge in [-0.1, -0.05) is 24.3 Å². The third-order valence-corrected chi connectivity index (χ3v) is 3.26. The molecule has 1 atom stereocenters. The zero-order valence-corrected chi connectivity index (χ0v) is 9.42. The molecule has 0 saturated carbocycles. The smallest absolute Gasteiger partial charge is 0.196 e. The van der Waals surface area contributed by atoms with Gasteiger partial charge in [0.15, 0.2) is 5.78 Å². The number of aliphatic hydroxyl groups is 1. The first kappa shape index (κ1) is 10.8. The second-order valence-corrected chi connectivity index (χ2v) is 4.28. The number of hydrogen-bond donors (Lipinski definition) is 3. The number of anilines is 1. The molecule has 0 aromatic heterocycles. The maximum Gasteiger partial charge on any atom is 0.196 e. The average molecular weight is 241 g/mol. The van der Waals surface area contributed by atoms with Gasteiger partial charge in [-0.25, -0.2) is 0 Å². The van der Waals surface area contributed by atoms with Gasteiger partial charge >= 0.3 is 0 Å². The number of nitrogens with two attached hydrogens (primary N) is 1. The summed E-state index contributed by atoms with van der Waals surface area (Å²) in [4.78, 5) is 12.3. The zero-order valence-electron chi connectivity index (χ0n) is 9.42. The molecule has 2 aromatic carbocycles. The van der Waals surface area contributed by atoms with Gasteiger partial charge in [-0.15, -0.1) is 0 Å². The van der Waals surface area contributed by atoms with E-state index in [1.165, 1.54) is 12.1 Å². The van der Waals surface area contributed by atoms with Gasteiger partial charge in [-0.05, 0) is 17.7 Å². The summed E-state index contributed by atoms with van der Waals surface area (Å²) >= 11 is 0. The molecule has 0 bridgehead atoms. The number of nitrogen functional groups attached to an aromatic ring is 1. The molecule has 90 valence electrons. The van der Waals surface area contributed by atoms with Gasteiger partial charge in [0.1, 0.15) is 11.9 Å². The largest absolute Gasteiger partial charge is 0.508 e. The van der Waals surface area contributed by atoms with Crippen molar-refractivity contribution in [1.82, 2.24) is 0 Å². The molecular weight excluding hydrogens is 230 g/mol. The second-order valence-electron chi connectivity index (χ2n) is 4.28. The van der Waals surface area contributed by atoms with E-state index in [0.29, 0.717) is 11.1 Å². The predicted octanol–water partition coefficient (Wildman–Crippen LogP) is 1.60. The monoisotopic (exact) mass is 241 g/mol. The molecule has 0 saturated heterocycles. The SMILES string of the molecule is Nc1ccc(O)c2c1C(=O)c1ccccc1[C@H]2O. The van der Waals surface area contributed by atoms with Crippen LogP contribution in [-0.2, 0) is 0 Å². The highest BCUT2D eigenvalue weighted by Gasteiger charge is 2.33. The number of phenolic OH excluding ortho intramolecular Hbond substituents is 1. The van der Waals surface area contributed by atoms with Crippen molar-refractivity contribution in [2.24, 2.45) is 0 Å². The Hall–Kier alpha value is -2.33. The summed E-state index contributed by atoms with van der Waals surface area (Å²) in [7, 11) is 0. The highest BCUT2D eigenvalue weighted by atomic mass is 16.3. The summed E-state index contributed by atoms with van der Waals surface area (Å²) in [6.45, 7) is 0. The minimum atomic E-state index is -1.03. The Morgan fingerprint density at radius 1 is 1.11 bits per heavy atom. The molecule has 3 rings (SSSR count). The van der Waals surface area contributed by atoms with E-state index in [-0.39, 0.29) is 28.3 Å². The minimum absolute atomic E-state index is 0.116. The maximum atomic E-state index is 12.3. The lowest BCUT2D eigenvalue weighted by molar-refractivity contribution is 0.101. The van der Waals surface area contributed by atoms with Crippen LogP contribution in [0.2, 0.25) is 0 Å². The number of carbonyl (C=O) groups is 1. The number of aliphatic hydroxyl groups excluding tert-OH is 1. The number of rotatable bonds is 0. The molecule has 0 unspecified atom stereocenters. The minimum Gasteiger partial charge on any atom is -0.508 e. The van der Waals surface area contributed by atoms with Gasteiger partial charge in [-0.3, -0.25) is 4.79 Å². The third kappa shape index (κ3) is 1.26. The van der Waals surface area contributed by atoms with Crippen molar-refractivity contribution in [2.75, 3.05) is 5.73 Å². The van der Waals surface area contributed by atoms with Crippen LogP contribution in [0.5, 0.6) is 5.75 Å². The number of aromatic hydroxyl groups is 1. The van der Waals surface area contributed by atoms with Gasteiger partial charge in [-0.2, -0.15) is 0 Å². The normalized spacial score (nSPS) is 17.2. The summed E-state index contributed by atoms with van der Waals surface area (Å²) in [5.74, 6) is -0.381. The number of hydrogen-bond acceptors (Lipinski definition) is 4. The summed E-state index contributed by atoms with van der Waals surface area (Å²) in [5.41, 5.74) is 7.35. The van der Waals surface area contributed by atoms with Crippen LogP contribution in [0, 0.1) is 0 Å². The standard InChI is InChI=1S/C14H11NO3/c15-9-5-6-10(16)12-11(9)13(17)7-3-1-2-4-8(7)14(12)18/h1-6,14,16,18H,15H2/t14-/m1/s1. The lowest BCUT2D eigenvalue weighted by Crippen LogP contribution is -2.21. The Morgan fingerprint density at radius 3 is 2.61 bits per heavy atom. The first-order valence-electron chi connectivity index (χ1n) is 5.54. The molecule has 18 heavy (non-hydrogen) atoms. The second kappa shape index (κ2) is 3.58. The van der Waals surface area contributed by atoms with Crippen LogP contribution in [0.1, 0.15) is 33.2 Å². The van der Waals surface area contributed by atoms with Gasteiger partial charge in [0.2, 0.25) is 0 Å². The first-order chi connectivity index (χ1) is 8.61. The summed E-state index contributed by atoms with van der Waals surface area (Å²) in [6.07, 6.45) is -1.03. The van der Waals surface area contributed by atoms with Crippen molar-refractivity contribution in [3.05, 3.63) is 58.7 Å². The van der Waals surface area contributed by atoms with Crippen LogP contribution in [0.4, 0.5) is 5.69 Å². The van der Waals surface area contributed by atoms with Crippen molar-refractivity contribution in [1.29, 1.82) is 0 Å². The van der Waals surface area contributed by atoms with Crippen LogP contribution >= 0.6 is 0 Å². The molecule has 4 N–H and O–H groups in total. The quantitative estimate of drug-likeness (QED) is 0.483. The molecule has 1 aliphatic rings. The fourth-order valence-electron chi connectivity index (χ4n) is 2.39. The van der Waals surface area contributed by atoms with Crippen molar-refractivity contribution in [3.8, 4) is 5.75 Å². The zero-order chi connectivity index (χ0) is 12.9. The van der Waals surface area contributed by atoms with E-state index in [9.17, 15) is 15.0 Å². The summed E-state index contributed by atoms with van der Waals surface area (Å²) in [5, 5.41) is 20.1. The molecular formula is C14H11NO3. The van der Waals surface area contributed by atoms with Crippen molar-refractivity contribution in [2.45, 2.75) is 6.10 Å². The van der Waals surface area contributed by atoms with E-state index in [4.69, 9.17) is 5.73 Å². The van der Waals surface area contributed by atoms with E-state index in [0.717, 1.165) is 0 Å². The number of ketones is 1. The highest BCUT2D eigenvalue weighted by molar-refractivity contribution is 6.16. The lowest BCUT2D eigenvalue weighted by atomic mass is 9.82. The Bertz CT molecular complexity index is 664. The molecule has 0 fully saturated rings. The Labute approximate surface area is 103 Å². The Balaban J connectivity index is 2.37. The fraction of sp³-hybridized carbons (Fsp3) is 0.0714. The maximum absolute atomic E-state index is 12.3. The number of phenols is 1. The molecule has 2 aromatic rings. The molecule has 1 aliphatic carbocycles. The number of carbonyl (C=O) groups excluding carboxylic acids is 1. The van der Waals surface area contributed by atoms with Crippen LogP contribution in [0.3, 0.4) is 0 Å². The molecule has 0 radical (unpaired) electrons. The van der Waals surface area contributed by atoms with Crippen molar-refractivity contribution < 1.29 is 15.0 Å². The van der Waals surface area contributed by atoms with E-state index in [2.05, 4.69) is 0 Å². The third-order valence-electron chi connectivity index (χ3n) is 3.26. The topological polar surface area (TPSA) is 83.5 Å². The van der Waals surface area contributed by atoms with Crippen molar-refractivity contribution >= 4 is 11.5 Å². The lowest BCUT2D eigenvalue weighted by Gasteiger charge is -2.25. The van der Waals surface area contributed by atoms with Gasteiger partial charge < -0.3 is 15.9 Å². The molecule has 4 heteroatoms. The van der Waals surface area contributed by atoms with E-state index < -0.39 is 6.10 Å². The van der Waals surface area contributed by atoms with Crippen LogP contribution in [-0.4, -0.2) is 16.0 Å². The Morgan fingerprint density at radius 2 is 1.83 bits per heavy atom. The van der Waals surface area contributed by atoms with E-state index >= 15 is 0 Å². The summed E-state index contributed by atoms with van der Waals surface area (Å²) in [6, 6.07) is 9.64. The first-order valence-corrected chi connectivity index (χ1v) is 5.54. The molecule has 0 amide bonds. The Kier molecular flexibility index (Phi) is 2.15. The van der Waals surface area contributed by atoms with Gasteiger partial charge in [0, 0.05) is 16.8 Å². The molecule has 0 spiro atoms. The number of fused-ring (bicyclic) bond motifs is 2.